The number of rotatable bonds is 3. The minimum absolute atomic E-state index is 0. The van der Waals surface area contributed by atoms with E-state index < -0.39 is 23.1 Å². The topological polar surface area (TPSA) is 78.5 Å². The molecule has 0 atom stereocenters. The van der Waals surface area contributed by atoms with Crippen molar-refractivity contribution in [2.45, 2.75) is 58.5 Å². The summed E-state index contributed by atoms with van der Waals surface area (Å²) < 4.78 is 5.09. The molecular weight excluding hydrogens is 257 g/mol. The van der Waals surface area contributed by atoms with E-state index in [9.17, 15) is 14.7 Å². The van der Waals surface area contributed by atoms with Gasteiger partial charge in [0.1, 0.15) is 5.60 Å². The first-order valence-corrected chi connectivity index (χ1v) is 6.43. The van der Waals surface area contributed by atoms with Crippen LogP contribution < -0.4 is 40.0 Å². The number of carbonyl (C=O) groups excluding carboxylic acids is 2. The van der Waals surface area contributed by atoms with Gasteiger partial charge in [-0.2, -0.15) is 0 Å². The largest absolute Gasteiger partial charge is 1.00 e. The summed E-state index contributed by atoms with van der Waals surface area (Å²) in [6, 6.07) is 0. The van der Waals surface area contributed by atoms with Crippen LogP contribution in [0.25, 0.3) is 0 Å². The molecule has 1 N–H and O–H groups in total. The summed E-state index contributed by atoms with van der Waals surface area (Å²) in [5, 5.41) is 13.8. The molecule has 6 heteroatoms. The molecule has 1 aliphatic carbocycles. The molecule has 0 saturated heterocycles. The maximum absolute atomic E-state index is 11.5. The Labute approximate surface area is 136 Å². The normalized spacial score (nSPS) is 18.1. The van der Waals surface area contributed by atoms with Gasteiger partial charge in [0.25, 0.3) is 0 Å². The Morgan fingerprint density at radius 3 is 2.16 bits per heavy atom. The first-order chi connectivity index (χ1) is 8.25. The molecule has 1 fully saturated rings. The molecule has 0 aromatic rings. The number of carbonyl (C=O) groups is 2. The predicted octanol–water partition coefficient (Wildman–Crippen LogP) is -1.78. The molecule has 0 aromatic carbocycles. The molecule has 0 radical (unpaired) electrons. The second-order valence-electron chi connectivity index (χ2n) is 5.98. The first kappa shape index (κ1) is 18.7. The van der Waals surface area contributed by atoms with E-state index in [1.807, 2.05) is 0 Å². The van der Waals surface area contributed by atoms with Gasteiger partial charge in [-0.3, -0.25) is 0 Å². The van der Waals surface area contributed by atoms with Crippen LogP contribution in [-0.4, -0.2) is 24.2 Å². The number of alkyl carbamates (subject to hydrolysis) is 1. The number of carboxylic acid groups (broad SMARTS) is 1. The Morgan fingerprint density at radius 1 is 1.21 bits per heavy atom. The molecule has 0 aromatic heterocycles. The van der Waals surface area contributed by atoms with E-state index in [1.54, 1.807) is 20.8 Å². The van der Waals surface area contributed by atoms with Crippen LogP contribution in [0.3, 0.4) is 0 Å². The van der Waals surface area contributed by atoms with Crippen molar-refractivity contribution in [2.75, 3.05) is 6.54 Å². The van der Waals surface area contributed by atoms with Crippen LogP contribution in [0, 0.1) is 5.41 Å². The van der Waals surface area contributed by atoms with E-state index in [4.69, 9.17) is 4.74 Å². The van der Waals surface area contributed by atoms with E-state index in [0.717, 1.165) is 19.3 Å². The average Bonchev–Trinajstić information content (AvgIpc) is 2.25. The average molecular weight is 279 g/mol. The van der Waals surface area contributed by atoms with Crippen molar-refractivity contribution < 1.29 is 49.0 Å². The molecule has 1 aliphatic rings. The van der Waals surface area contributed by atoms with Crippen LogP contribution in [0.1, 0.15) is 52.9 Å². The number of carboxylic acids is 1. The van der Waals surface area contributed by atoms with E-state index in [0.29, 0.717) is 12.8 Å². The fourth-order valence-corrected chi connectivity index (χ4v) is 2.24. The van der Waals surface area contributed by atoms with Gasteiger partial charge in [0.2, 0.25) is 0 Å². The van der Waals surface area contributed by atoms with Crippen LogP contribution in [0.2, 0.25) is 0 Å². The molecule has 104 valence electrons. The van der Waals surface area contributed by atoms with Crippen LogP contribution in [0.5, 0.6) is 0 Å². The molecule has 1 amide bonds. The Kier molecular flexibility index (Phi) is 7.40. The summed E-state index contributed by atoms with van der Waals surface area (Å²) in [6.07, 6.45) is 3.32. The van der Waals surface area contributed by atoms with E-state index in [1.165, 1.54) is 0 Å². The van der Waals surface area contributed by atoms with Crippen molar-refractivity contribution in [3.8, 4) is 0 Å². The summed E-state index contributed by atoms with van der Waals surface area (Å²) in [5.74, 6) is -1.07. The van der Waals surface area contributed by atoms with Crippen molar-refractivity contribution in [3.63, 3.8) is 0 Å². The molecule has 0 aliphatic heterocycles. The number of nitrogens with one attached hydrogen (secondary N) is 1. The van der Waals surface area contributed by atoms with Crippen LogP contribution >= 0.6 is 0 Å². The number of aliphatic carboxylic acids is 1. The van der Waals surface area contributed by atoms with Crippen LogP contribution in [-0.2, 0) is 9.53 Å². The third-order valence-corrected chi connectivity index (χ3v) is 3.21. The van der Waals surface area contributed by atoms with Gasteiger partial charge in [0, 0.05) is 17.9 Å². The van der Waals surface area contributed by atoms with Gasteiger partial charge in [0.05, 0.1) is 0 Å². The Hall–Kier alpha value is -0.260. The summed E-state index contributed by atoms with van der Waals surface area (Å²) >= 11 is 0. The summed E-state index contributed by atoms with van der Waals surface area (Å²) in [6.45, 7) is 5.38. The zero-order valence-electron chi connectivity index (χ0n) is 12.4. The smallest absolute Gasteiger partial charge is 0.549 e. The van der Waals surface area contributed by atoms with Gasteiger partial charge in [-0.05, 0) is 33.6 Å². The van der Waals surface area contributed by atoms with Crippen molar-refractivity contribution >= 4 is 12.1 Å². The number of hydrogen-bond donors (Lipinski definition) is 1. The van der Waals surface area contributed by atoms with Crippen molar-refractivity contribution in [1.29, 1.82) is 0 Å². The van der Waals surface area contributed by atoms with Gasteiger partial charge < -0.3 is 20.0 Å². The van der Waals surface area contributed by atoms with E-state index >= 15 is 0 Å². The van der Waals surface area contributed by atoms with Crippen LogP contribution in [0.15, 0.2) is 0 Å². The van der Waals surface area contributed by atoms with Crippen molar-refractivity contribution in [1.82, 2.24) is 5.32 Å². The van der Waals surface area contributed by atoms with E-state index in [2.05, 4.69) is 5.32 Å². The fourth-order valence-electron chi connectivity index (χ4n) is 2.24. The van der Waals surface area contributed by atoms with Gasteiger partial charge in [-0.1, -0.05) is 19.3 Å². The number of ether oxygens (including phenoxy) is 1. The zero-order chi connectivity index (χ0) is 13.8. The quantitative estimate of drug-likeness (QED) is 0.619. The molecule has 19 heavy (non-hydrogen) atoms. The van der Waals surface area contributed by atoms with Crippen LogP contribution in [0.4, 0.5) is 4.79 Å². The Bertz CT molecular complexity index is 319. The second kappa shape index (κ2) is 7.50. The maximum atomic E-state index is 11.5. The third kappa shape index (κ3) is 6.15. The fraction of sp³-hybridized carbons (Fsp3) is 0.846. The molecule has 5 nitrogen and oxygen atoms in total. The minimum Gasteiger partial charge on any atom is -0.549 e. The van der Waals surface area contributed by atoms with Gasteiger partial charge >= 0.3 is 35.7 Å². The third-order valence-electron chi connectivity index (χ3n) is 3.21. The van der Waals surface area contributed by atoms with E-state index in [-0.39, 0.29) is 36.1 Å². The summed E-state index contributed by atoms with van der Waals surface area (Å²) in [7, 11) is 0. The monoisotopic (exact) mass is 279 g/mol. The Morgan fingerprint density at radius 2 is 1.74 bits per heavy atom. The van der Waals surface area contributed by atoms with Gasteiger partial charge in [0.15, 0.2) is 0 Å². The predicted molar refractivity (Wildman–Crippen MR) is 64.8 cm³/mol. The maximum Gasteiger partial charge on any atom is 1.00 e. The molecule has 1 rings (SSSR count). The SMILES string of the molecule is CC(C)(C)OC(=O)NCC1(C(=O)[O-])CCCCC1.[Na+]. The summed E-state index contributed by atoms with van der Waals surface area (Å²) in [4.78, 5) is 22.8. The molecule has 0 unspecified atom stereocenters. The van der Waals surface area contributed by atoms with Crippen molar-refractivity contribution in [3.05, 3.63) is 0 Å². The van der Waals surface area contributed by atoms with Gasteiger partial charge in [-0.25, -0.2) is 4.79 Å². The Balaban J connectivity index is 0.00000324. The second-order valence-corrected chi connectivity index (χ2v) is 5.98. The zero-order valence-corrected chi connectivity index (χ0v) is 14.4. The summed E-state index contributed by atoms with van der Waals surface area (Å²) in [5.41, 5.74) is -1.50. The standard InChI is InChI=1S/C13H23NO4.Na/c1-12(2,3)18-11(17)14-9-13(10(15)16)7-5-4-6-8-13;/h4-9H2,1-3H3,(H,14,17)(H,15,16);/q;+1/p-1. The number of hydrogen-bond acceptors (Lipinski definition) is 4. The van der Waals surface area contributed by atoms with Gasteiger partial charge in [-0.15, -0.1) is 0 Å². The molecule has 0 bridgehead atoms. The first-order valence-electron chi connectivity index (χ1n) is 6.43. The minimum atomic E-state index is -1.07. The molecule has 1 saturated carbocycles. The van der Waals surface area contributed by atoms with Crippen molar-refractivity contribution in [2.24, 2.45) is 5.41 Å². The molecular formula is C13H22NNaO4. The molecule has 0 heterocycles. The number of amides is 1. The molecule has 0 spiro atoms.